The predicted molar refractivity (Wildman–Crippen MR) is 84.4 cm³/mol. The van der Waals surface area contributed by atoms with Gasteiger partial charge in [-0.3, -0.25) is 0 Å². The molecule has 0 spiro atoms. The lowest BCUT2D eigenvalue weighted by molar-refractivity contribution is -0.673. The number of benzene rings is 1. The number of anilines is 1. The van der Waals surface area contributed by atoms with E-state index < -0.39 is 0 Å². The molecule has 2 aromatic rings. The van der Waals surface area contributed by atoms with Gasteiger partial charge in [0.1, 0.15) is 7.05 Å². The number of aromatic nitrogens is 1. The second-order valence-electron chi connectivity index (χ2n) is 5.36. The van der Waals surface area contributed by atoms with Crippen LogP contribution in [-0.4, -0.2) is 13.1 Å². The zero-order valence-corrected chi connectivity index (χ0v) is 12.0. The topological polar surface area (TPSA) is 7.12 Å². The molecule has 2 heteroatoms. The van der Waals surface area contributed by atoms with Crippen molar-refractivity contribution < 1.29 is 4.57 Å². The van der Waals surface area contributed by atoms with Crippen molar-refractivity contribution in [1.29, 1.82) is 0 Å². The molecule has 1 aliphatic rings. The minimum absolute atomic E-state index is 1.19. The Morgan fingerprint density at radius 2 is 1.75 bits per heavy atom. The highest BCUT2D eigenvalue weighted by molar-refractivity contribution is 5.68. The van der Waals surface area contributed by atoms with E-state index in [0.717, 1.165) is 0 Å². The molecule has 102 valence electrons. The Bertz CT molecular complexity index is 596. The van der Waals surface area contributed by atoms with Gasteiger partial charge in [-0.05, 0) is 24.5 Å². The highest BCUT2D eigenvalue weighted by Crippen LogP contribution is 2.20. The Hall–Kier alpha value is -2.09. The van der Waals surface area contributed by atoms with Crippen LogP contribution >= 0.6 is 0 Å². The van der Waals surface area contributed by atoms with Crippen molar-refractivity contribution >= 4 is 17.8 Å². The van der Waals surface area contributed by atoms with E-state index in [4.69, 9.17) is 0 Å². The molecule has 0 unspecified atom stereocenters. The molecular weight excluding hydrogens is 244 g/mol. The average Bonchev–Trinajstić information content (AvgIpc) is 3.02. The van der Waals surface area contributed by atoms with Crippen LogP contribution in [0.5, 0.6) is 0 Å². The van der Waals surface area contributed by atoms with E-state index in [0.29, 0.717) is 0 Å². The normalized spacial score (nSPS) is 15.2. The van der Waals surface area contributed by atoms with Crippen LogP contribution in [0.25, 0.3) is 12.2 Å². The fraction of sp³-hybridized carbons (Fsp3) is 0.278. The molecule has 0 saturated carbocycles. The second-order valence-corrected chi connectivity index (χ2v) is 5.36. The van der Waals surface area contributed by atoms with Gasteiger partial charge in [-0.25, -0.2) is 4.57 Å². The number of hydrogen-bond acceptors (Lipinski definition) is 1. The molecule has 0 bridgehead atoms. The lowest BCUT2D eigenvalue weighted by Crippen LogP contribution is -2.32. The van der Waals surface area contributed by atoms with Crippen LogP contribution in [0.2, 0.25) is 0 Å². The molecule has 0 N–H and O–H groups in total. The Labute approximate surface area is 121 Å². The van der Waals surface area contributed by atoms with E-state index in [-0.39, 0.29) is 0 Å². The fourth-order valence-electron chi connectivity index (χ4n) is 2.66. The Morgan fingerprint density at radius 1 is 1.00 bits per heavy atom. The minimum atomic E-state index is 1.19. The molecule has 0 atom stereocenters. The van der Waals surface area contributed by atoms with Gasteiger partial charge in [-0.15, -0.1) is 0 Å². The van der Waals surface area contributed by atoms with E-state index in [1.165, 1.54) is 42.9 Å². The summed E-state index contributed by atoms with van der Waals surface area (Å²) in [6.45, 7) is 2.38. The summed E-state index contributed by atoms with van der Waals surface area (Å²) in [6.07, 6.45) is 9.14. The number of hydrogen-bond donors (Lipinski definition) is 0. The Kier molecular flexibility index (Phi) is 3.82. The first kappa shape index (κ1) is 12.9. The molecule has 3 rings (SSSR count). The maximum absolute atomic E-state index is 2.47. The first-order chi connectivity index (χ1) is 9.83. The number of nitrogens with zero attached hydrogens (tertiary/aromatic N) is 2. The van der Waals surface area contributed by atoms with E-state index in [2.05, 4.69) is 71.3 Å². The van der Waals surface area contributed by atoms with Crippen molar-refractivity contribution in [3.05, 3.63) is 59.9 Å². The van der Waals surface area contributed by atoms with Gasteiger partial charge in [0.25, 0.3) is 0 Å². The van der Waals surface area contributed by atoms with Crippen LogP contribution < -0.4 is 9.47 Å². The molecule has 0 radical (unpaired) electrons. The Morgan fingerprint density at radius 3 is 2.50 bits per heavy atom. The molecule has 0 amide bonds. The molecule has 1 saturated heterocycles. The maximum atomic E-state index is 2.47. The predicted octanol–water partition coefficient (Wildman–Crippen LogP) is 3.28. The molecule has 1 aromatic heterocycles. The second kappa shape index (κ2) is 5.91. The summed E-state index contributed by atoms with van der Waals surface area (Å²) in [6, 6.07) is 14.9. The molecule has 20 heavy (non-hydrogen) atoms. The first-order valence-electron chi connectivity index (χ1n) is 7.31. The number of pyridine rings is 1. The smallest absolute Gasteiger partial charge is 0.207 e. The van der Waals surface area contributed by atoms with Crippen molar-refractivity contribution in [2.24, 2.45) is 7.05 Å². The quantitative estimate of drug-likeness (QED) is 0.773. The zero-order valence-electron chi connectivity index (χ0n) is 12.0. The van der Waals surface area contributed by atoms with Crippen LogP contribution in [0, 0.1) is 0 Å². The summed E-state index contributed by atoms with van der Waals surface area (Å²) in [5.41, 5.74) is 3.81. The summed E-state index contributed by atoms with van der Waals surface area (Å²) >= 11 is 0. The molecule has 2 nitrogen and oxygen atoms in total. The molecule has 1 fully saturated rings. The van der Waals surface area contributed by atoms with Crippen molar-refractivity contribution in [2.45, 2.75) is 12.8 Å². The number of aryl methyl sites for hydroxylation is 1. The zero-order chi connectivity index (χ0) is 13.8. The van der Waals surface area contributed by atoms with Crippen molar-refractivity contribution in [1.82, 2.24) is 0 Å². The highest BCUT2D eigenvalue weighted by Gasteiger charge is 2.14. The van der Waals surface area contributed by atoms with Gasteiger partial charge in [0, 0.05) is 37.0 Å². The van der Waals surface area contributed by atoms with Crippen molar-refractivity contribution in [2.75, 3.05) is 18.0 Å². The van der Waals surface area contributed by atoms with Crippen molar-refractivity contribution in [3.63, 3.8) is 0 Å². The van der Waals surface area contributed by atoms with Crippen LogP contribution in [0.15, 0.2) is 48.7 Å². The summed E-state index contributed by atoms with van der Waals surface area (Å²) in [4.78, 5) is 2.47. The monoisotopic (exact) mass is 265 g/mol. The third-order valence-corrected chi connectivity index (χ3v) is 3.89. The minimum Gasteiger partial charge on any atom is -0.371 e. The highest BCUT2D eigenvalue weighted by atomic mass is 15.1. The fourth-order valence-corrected chi connectivity index (χ4v) is 2.66. The Balaban J connectivity index is 1.85. The lowest BCUT2D eigenvalue weighted by Gasteiger charge is -2.16. The third-order valence-electron chi connectivity index (χ3n) is 3.89. The molecule has 1 aromatic carbocycles. The SMILES string of the molecule is C[n+]1ccc(N2CCCC2)cc1C=Cc1ccccc1. The standard InChI is InChI=1S/C18H21N2/c1-19-14-11-18(20-12-5-6-13-20)15-17(19)10-9-16-7-3-2-4-8-16/h2-4,7-11,14-15H,5-6,12-13H2,1H3/q+1. The van der Waals surface area contributed by atoms with Gasteiger partial charge < -0.3 is 4.90 Å². The summed E-state index contributed by atoms with van der Waals surface area (Å²) in [5.74, 6) is 0. The molecule has 1 aliphatic heterocycles. The van der Waals surface area contributed by atoms with Gasteiger partial charge in [-0.1, -0.05) is 30.3 Å². The van der Waals surface area contributed by atoms with Gasteiger partial charge in [0.05, 0.1) is 0 Å². The van der Waals surface area contributed by atoms with Crippen LogP contribution in [0.1, 0.15) is 24.1 Å². The van der Waals surface area contributed by atoms with Crippen molar-refractivity contribution in [3.8, 4) is 0 Å². The molecular formula is C18H21N2+. The van der Waals surface area contributed by atoms with Crippen LogP contribution in [-0.2, 0) is 7.05 Å². The maximum Gasteiger partial charge on any atom is 0.207 e. The largest absolute Gasteiger partial charge is 0.371 e. The number of rotatable bonds is 3. The van der Waals surface area contributed by atoms with Gasteiger partial charge in [-0.2, -0.15) is 0 Å². The van der Waals surface area contributed by atoms with Gasteiger partial charge >= 0.3 is 0 Å². The van der Waals surface area contributed by atoms with Crippen LogP contribution in [0.4, 0.5) is 5.69 Å². The summed E-state index contributed by atoms with van der Waals surface area (Å²) in [5, 5.41) is 0. The third kappa shape index (κ3) is 2.90. The van der Waals surface area contributed by atoms with E-state index in [1.807, 2.05) is 6.07 Å². The van der Waals surface area contributed by atoms with Crippen LogP contribution in [0.3, 0.4) is 0 Å². The van der Waals surface area contributed by atoms with E-state index in [1.54, 1.807) is 0 Å². The first-order valence-corrected chi connectivity index (χ1v) is 7.31. The van der Waals surface area contributed by atoms with Gasteiger partial charge in [0.15, 0.2) is 6.20 Å². The average molecular weight is 265 g/mol. The molecule has 0 aliphatic carbocycles. The van der Waals surface area contributed by atoms with E-state index >= 15 is 0 Å². The van der Waals surface area contributed by atoms with E-state index in [9.17, 15) is 0 Å². The molecule has 2 heterocycles. The summed E-state index contributed by atoms with van der Waals surface area (Å²) in [7, 11) is 2.10. The summed E-state index contributed by atoms with van der Waals surface area (Å²) < 4.78 is 2.17. The van der Waals surface area contributed by atoms with Gasteiger partial charge in [0.2, 0.25) is 5.69 Å². The lowest BCUT2D eigenvalue weighted by atomic mass is 10.2.